The van der Waals surface area contributed by atoms with E-state index in [0.717, 1.165) is 23.4 Å². The van der Waals surface area contributed by atoms with Gasteiger partial charge in [0.05, 0.1) is 0 Å². The zero-order valence-electron chi connectivity index (χ0n) is 16.6. The monoisotopic (exact) mass is 366 g/mol. The molecular weight excluding hydrogens is 336 g/mol. The van der Waals surface area contributed by atoms with Crippen LogP contribution in [0.5, 0.6) is 5.75 Å². The summed E-state index contributed by atoms with van der Waals surface area (Å²) in [6.45, 7) is 9.83. The number of amides is 1. The lowest BCUT2D eigenvalue weighted by Gasteiger charge is -2.16. The minimum Gasteiger partial charge on any atom is -0.481 e. The second kappa shape index (κ2) is 9.05. The van der Waals surface area contributed by atoms with Crippen molar-refractivity contribution < 1.29 is 9.53 Å². The molecule has 27 heavy (non-hydrogen) atoms. The van der Waals surface area contributed by atoms with Crippen molar-refractivity contribution in [3.63, 3.8) is 0 Å². The number of nitrogens with one attached hydrogen (secondary N) is 1. The molecule has 1 heterocycles. The van der Waals surface area contributed by atoms with Gasteiger partial charge in [-0.1, -0.05) is 30.3 Å². The SMILES string of the molecule is Cc1ccc(O[C@H](C)C(=O)NCc2ccc(CN3CCCC3)cc2)cc1C. The van der Waals surface area contributed by atoms with Gasteiger partial charge in [-0.25, -0.2) is 0 Å². The zero-order chi connectivity index (χ0) is 19.2. The Morgan fingerprint density at radius 3 is 2.37 bits per heavy atom. The summed E-state index contributed by atoms with van der Waals surface area (Å²) >= 11 is 0. The molecule has 4 heteroatoms. The normalized spacial score (nSPS) is 15.5. The van der Waals surface area contributed by atoms with Crippen molar-refractivity contribution in [2.75, 3.05) is 13.1 Å². The van der Waals surface area contributed by atoms with Crippen LogP contribution < -0.4 is 10.1 Å². The van der Waals surface area contributed by atoms with Gasteiger partial charge in [0.25, 0.3) is 5.91 Å². The summed E-state index contributed by atoms with van der Waals surface area (Å²) in [5.41, 5.74) is 4.81. The lowest BCUT2D eigenvalue weighted by atomic mass is 10.1. The molecule has 3 rings (SSSR count). The summed E-state index contributed by atoms with van der Waals surface area (Å²) in [6, 6.07) is 14.4. The maximum absolute atomic E-state index is 12.3. The third-order valence-corrected chi connectivity index (χ3v) is 5.26. The van der Waals surface area contributed by atoms with Crippen LogP contribution in [0.4, 0.5) is 0 Å². The number of ether oxygens (including phenoxy) is 1. The summed E-state index contributed by atoms with van der Waals surface area (Å²) in [5.74, 6) is 0.626. The first-order valence-electron chi connectivity index (χ1n) is 9.83. The fraction of sp³-hybridized carbons (Fsp3) is 0.435. The van der Waals surface area contributed by atoms with Crippen molar-refractivity contribution in [1.82, 2.24) is 10.2 Å². The molecule has 1 N–H and O–H groups in total. The average molecular weight is 367 g/mol. The van der Waals surface area contributed by atoms with Gasteiger partial charge >= 0.3 is 0 Å². The van der Waals surface area contributed by atoms with Gasteiger partial charge in [-0.3, -0.25) is 9.69 Å². The lowest BCUT2D eigenvalue weighted by Crippen LogP contribution is -2.35. The predicted molar refractivity (Wildman–Crippen MR) is 109 cm³/mol. The second-order valence-corrected chi connectivity index (χ2v) is 7.52. The van der Waals surface area contributed by atoms with Crippen LogP contribution in [-0.4, -0.2) is 30.0 Å². The number of hydrogen-bond acceptors (Lipinski definition) is 3. The number of carbonyl (C=O) groups is 1. The molecule has 0 aromatic heterocycles. The first kappa shape index (κ1) is 19.4. The minimum absolute atomic E-state index is 0.102. The Balaban J connectivity index is 1.46. The van der Waals surface area contributed by atoms with Gasteiger partial charge in [-0.2, -0.15) is 0 Å². The van der Waals surface area contributed by atoms with Crippen LogP contribution in [0.2, 0.25) is 0 Å². The topological polar surface area (TPSA) is 41.6 Å². The van der Waals surface area contributed by atoms with Crippen LogP contribution in [0.15, 0.2) is 42.5 Å². The van der Waals surface area contributed by atoms with E-state index >= 15 is 0 Å². The van der Waals surface area contributed by atoms with Crippen LogP contribution in [0.25, 0.3) is 0 Å². The van der Waals surface area contributed by atoms with E-state index in [1.54, 1.807) is 6.92 Å². The van der Waals surface area contributed by atoms with Crippen LogP contribution in [0.3, 0.4) is 0 Å². The standard InChI is InChI=1S/C23H30N2O2/c1-17-6-11-22(14-18(17)2)27-19(3)23(26)24-15-20-7-9-21(10-8-20)16-25-12-4-5-13-25/h6-11,14,19H,4-5,12-13,15-16H2,1-3H3,(H,24,26)/t19-/m1/s1. The Hall–Kier alpha value is -2.33. The van der Waals surface area contributed by atoms with Gasteiger partial charge in [0.2, 0.25) is 0 Å². The van der Waals surface area contributed by atoms with Gasteiger partial charge in [0.15, 0.2) is 6.10 Å². The van der Waals surface area contributed by atoms with Crippen LogP contribution in [-0.2, 0) is 17.9 Å². The highest BCUT2D eigenvalue weighted by Crippen LogP contribution is 2.18. The Labute approximate surface area is 162 Å². The molecule has 0 spiro atoms. The first-order chi connectivity index (χ1) is 13.0. The van der Waals surface area contributed by atoms with Crippen LogP contribution in [0, 0.1) is 13.8 Å². The molecule has 1 atom stereocenters. The second-order valence-electron chi connectivity index (χ2n) is 7.52. The number of rotatable bonds is 7. The largest absolute Gasteiger partial charge is 0.481 e. The van der Waals surface area contributed by atoms with E-state index in [0.29, 0.717) is 6.54 Å². The van der Waals surface area contributed by atoms with Crippen molar-refractivity contribution in [1.29, 1.82) is 0 Å². The molecule has 0 bridgehead atoms. The summed E-state index contributed by atoms with van der Waals surface area (Å²) in [7, 11) is 0. The molecule has 1 aliphatic rings. The molecule has 144 valence electrons. The van der Waals surface area contributed by atoms with E-state index in [-0.39, 0.29) is 5.91 Å². The molecular formula is C23H30N2O2. The zero-order valence-corrected chi connectivity index (χ0v) is 16.6. The average Bonchev–Trinajstić information content (AvgIpc) is 3.17. The quantitative estimate of drug-likeness (QED) is 0.806. The van der Waals surface area contributed by atoms with E-state index in [2.05, 4.69) is 41.4 Å². The number of nitrogens with zero attached hydrogens (tertiary/aromatic N) is 1. The molecule has 4 nitrogen and oxygen atoms in total. The Morgan fingerprint density at radius 1 is 1.04 bits per heavy atom. The summed E-state index contributed by atoms with van der Waals surface area (Å²) in [6.07, 6.45) is 2.10. The van der Waals surface area contributed by atoms with Gasteiger partial charge in [-0.05, 0) is 81.1 Å². The number of hydrogen-bond donors (Lipinski definition) is 1. The number of aryl methyl sites for hydroxylation is 2. The minimum atomic E-state index is -0.526. The third-order valence-electron chi connectivity index (χ3n) is 5.26. The van der Waals surface area contributed by atoms with Crippen molar-refractivity contribution >= 4 is 5.91 Å². The molecule has 1 fully saturated rings. The molecule has 2 aromatic carbocycles. The van der Waals surface area contributed by atoms with Crippen LogP contribution in [0.1, 0.15) is 42.0 Å². The fourth-order valence-corrected chi connectivity index (χ4v) is 3.34. The maximum atomic E-state index is 12.3. The van der Waals surface area contributed by atoms with Gasteiger partial charge in [0, 0.05) is 13.1 Å². The molecule has 0 unspecified atom stereocenters. The van der Waals surface area contributed by atoms with Gasteiger partial charge in [-0.15, -0.1) is 0 Å². The highest BCUT2D eigenvalue weighted by molar-refractivity contribution is 5.80. The summed E-state index contributed by atoms with van der Waals surface area (Å²) < 4.78 is 5.78. The first-order valence-corrected chi connectivity index (χ1v) is 9.83. The number of carbonyl (C=O) groups excluding carboxylic acids is 1. The van der Waals surface area contributed by atoms with E-state index in [1.807, 2.05) is 25.1 Å². The van der Waals surface area contributed by atoms with Crippen molar-refractivity contribution in [2.45, 2.75) is 52.8 Å². The lowest BCUT2D eigenvalue weighted by molar-refractivity contribution is -0.127. The fourth-order valence-electron chi connectivity index (χ4n) is 3.34. The molecule has 0 saturated carbocycles. The van der Waals surface area contributed by atoms with Crippen molar-refractivity contribution in [2.24, 2.45) is 0 Å². The van der Waals surface area contributed by atoms with Crippen molar-refractivity contribution in [3.8, 4) is 5.75 Å². The molecule has 0 aliphatic carbocycles. The Bertz CT molecular complexity index is 764. The molecule has 1 aliphatic heterocycles. The molecule has 0 radical (unpaired) electrons. The van der Waals surface area contributed by atoms with E-state index in [1.165, 1.54) is 37.1 Å². The van der Waals surface area contributed by atoms with E-state index in [9.17, 15) is 4.79 Å². The maximum Gasteiger partial charge on any atom is 0.261 e. The Morgan fingerprint density at radius 2 is 1.70 bits per heavy atom. The highest BCUT2D eigenvalue weighted by Gasteiger charge is 2.15. The smallest absolute Gasteiger partial charge is 0.261 e. The van der Waals surface area contributed by atoms with Gasteiger partial charge < -0.3 is 10.1 Å². The van der Waals surface area contributed by atoms with Crippen LogP contribution >= 0.6 is 0 Å². The Kier molecular flexibility index (Phi) is 6.51. The third kappa shape index (κ3) is 5.57. The highest BCUT2D eigenvalue weighted by atomic mass is 16.5. The van der Waals surface area contributed by atoms with Crippen molar-refractivity contribution in [3.05, 3.63) is 64.7 Å². The number of likely N-dealkylation sites (tertiary alicyclic amines) is 1. The number of benzene rings is 2. The van der Waals surface area contributed by atoms with Gasteiger partial charge in [0.1, 0.15) is 5.75 Å². The van der Waals surface area contributed by atoms with E-state index < -0.39 is 6.10 Å². The summed E-state index contributed by atoms with van der Waals surface area (Å²) in [5, 5.41) is 2.96. The predicted octanol–water partition coefficient (Wildman–Crippen LogP) is 3.98. The molecule has 2 aromatic rings. The van der Waals surface area contributed by atoms with E-state index in [4.69, 9.17) is 4.74 Å². The summed E-state index contributed by atoms with van der Waals surface area (Å²) in [4.78, 5) is 14.8. The molecule has 1 amide bonds. The molecule has 1 saturated heterocycles.